The van der Waals surface area contributed by atoms with Gasteiger partial charge in [0.2, 0.25) is 0 Å². The number of ether oxygens (including phenoxy) is 3. The molecule has 2 heterocycles. The van der Waals surface area contributed by atoms with E-state index in [4.69, 9.17) is 37.4 Å². The molecule has 2 atom stereocenters. The number of unbranched alkanes of at least 4 members (excludes halogenated alkanes) is 4. The number of hydrogen-bond donors (Lipinski definition) is 0. The number of aryl methyl sites for hydroxylation is 8. The lowest BCUT2D eigenvalue weighted by molar-refractivity contribution is -0.187. The number of benzene rings is 5. The Hall–Kier alpha value is -4.92. The van der Waals surface area contributed by atoms with Gasteiger partial charge in [0.1, 0.15) is 23.3 Å². The highest BCUT2D eigenvalue weighted by molar-refractivity contribution is 6.31. The molecule has 91 heavy (non-hydrogen) atoms. The van der Waals surface area contributed by atoms with Crippen LogP contribution in [0.3, 0.4) is 0 Å². The van der Waals surface area contributed by atoms with Crippen molar-refractivity contribution in [1.29, 1.82) is 0 Å². The maximum atomic E-state index is 12.8. The number of rotatable bonds is 6. The number of allylic oxidation sites excluding steroid dienone is 3. The summed E-state index contributed by atoms with van der Waals surface area (Å²) in [6.45, 7) is 39.4. The van der Waals surface area contributed by atoms with Crippen LogP contribution in [0.2, 0.25) is 10.0 Å². The highest BCUT2D eigenvalue weighted by Crippen LogP contribution is 2.27. The van der Waals surface area contributed by atoms with Crippen molar-refractivity contribution in [3.63, 3.8) is 0 Å². The third-order valence-corrected chi connectivity index (χ3v) is 14.7. The normalized spacial score (nSPS) is 17.4. The van der Waals surface area contributed by atoms with E-state index in [0.29, 0.717) is 46.6 Å². The van der Waals surface area contributed by atoms with Crippen LogP contribution in [0.25, 0.3) is 0 Å². The van der Waals surface area contributed by atoms with Crippen molar-refractivity contribution >= 4 is 23.2 Å². The number of halogens is 12. The first-order valence-corrected chi connectivity index (χ1v) is 32.5. The van der Waals surface area contributed by atoms with Crippen LogP contribution in [0.15, 0.2) is 121 Å². The molecule has 8 rings (SSSR count). The molecule has 3 nitrogen and oxygen atoms in total. The molecule has 5 aromatic rings. The third kappa shape index (κ3) is 53.2. The fourth-order valence-electron chi connectivity index (χ4n) is 7.57. The monoisotopic (exact) mass is 1330 g/mol. The molecular formula is C76H110Cl2F10O3. The van der Waals surface area contributed by atoms with Gasteiger partial charge in [-0.25, -0.2) is 17.6 Å². The van der Waals surface area contributed by atoms with Crippen molar-refractivity contribution in [1.82, 2.24) is 0 Å². The zero-order valence-corrected chi connectivity index (χ0v) is 59.7. The summed E-state index contributed by atoms with van der Waals surface area (Å²) >= 11 is 11.5. The molecule has 516 valence electrons. The molecule has 2 aliphatic heterocycles. The van der Waals surface area contributed by atoms with E-state index < -0.39 is 29.9 Å². The van der Waals surface area contributed by atoms with Gasteiger partial charge < -0.3 is 14.2 Å². The van der Waals surface area contributed by atoms with E-state index in [0.717, 1.165) is 103 Å². The minimum absolute atomic E-state index is 0.0196. The summed E-state index contributed by atoms with van der Waals surface area (Å²) in [5.41, 5.74) is 8.77. The Balaban J connectivity index is -0.000000939. The average Bonchev–Trinajstić information content (AvgIpc) is 2.54. The van der Waals surface area contributed by atoms with E-state index in [1.54, 1.807) is 32.9 Å². The molecule has 0 amide bonds. The van der Waals surface area contributed by atoms with Crippen LogP contribution in [0, 0.1) is 116 Å². The van der Waals surface area contributed by atoms with Gasteiger partial charge in [0, 0.05) is 33.7 Å². The van der Waals surface area contributed by atoms with Crippen LogP contribution in [0.4, 0.5) is 43.9 Å². The average molecular weight is 1330 g/mol. The molecular weight excluding hydrogens is 1220 g/mol. The molecule has 2 saturated heterocycles. The second-order valence-corrected chi connectivity index (χ2v) is 24.6. The predicted octanol–water partition coefficient (Wildman–Crippen LogP) is 26.8. The van der Waals surface area contributed by atoms with Crippen molar-refractivity contribution in [2.75, 3.05) is 19.8 Å². The standard InChI is InChI=1S/C8H8ClF.C8H9Cl.C8H8F2.C8H9F.C8H16.C8H10.C7H12F2.C7H14O.C6H12O2.C5H8F2.C3H4F2/c1-5-3-7(9)6(2)8(10)4-5;1-6-3-4-7(2)8(9)5-6;1-5-3-7(9)6(2)8(10)4-5;1-6-3-4-7(2)8(9)5-6;2*1-7-3-5-8(2)6-4-7;1-2-3-4-5-6-7(8)9;1-6-3-4-7(2)8-5-6;1-5-3-7-6(2)8-4-5;1-2-3-4-5(6)7;1-2-3(4)5/h3-4H,1-2H3;3-5H,1-2H3;3-4H,1-2H3;3-5H,1-2H3;7-8H,3-6H2,1-2H3;3-6H,1-2H3;6H,2-5H2,1H3;6-7H,3-5H2,1-2H3;5-6H,3-4H2,1-2H3;4H,2-3H2,1H3;2H,1H3. The van der Waals surface area contributed by atoms with E-state index in [9.17, 15) is 43.9 Å². The largest absolute Gasteiger partial charge is 0.378 e. The molecule has 5 aromatic carbocycles. The van der Waals surface area contributed by atoms with Gasteiger partial charge >= 0.3 is 0 Å². The second kappa shape index (κ2) is 54.5. The molecule has 3 fully saturated rings. The van der Waals surface area contributed by atoms with Crippen LogP contribution in [-0.4, -0.2) is 32.2 Å². The van der Waals surface area contributed by atoms with Crippen LogP contribution in [0.1, 0.15) is 195 Å². The predicted molar refractivity (Wildman–Crippen MR) is 366 cm³/mol. The lowest BCUT2D eigenvalue weighted by atomic mass is 9.84. The quantitative estimate of drug-likeness (QED) is 0.125. The summed E-state index contributed by atoms with van der Waals surface area (Å²) in [7, 11) is 0. The van der Waals surface area contributed by atoms with Crippen LogP contribution >= 0.6 is 23.2 Å². The lowest BCUT2D eigenvalue weighted by Crippen LogP contribution is -2.27. The molecule has 15 heteroatoms. The van der Waals surface area contributed by atoms with Crippen molar-refractivity contribution in [2.45, 2.75) is 221 Å². The van der Waals surface area contributed by atoms with Gasteiger partial charge in [-0.3, -0.25) is 0 Å². The zero-order valence-electron chi connectivity index (χ0n) is 58.1. The Bertz CT molecular complexity index is 2480. The van der Waals surface area contributed by atoms with E-state index in [-0.39, 0.29) is 23.5 Å². The zero-order chi connectivity index (χ0) is 70.2. The minimum atomic E-state index is -1.62. The van der Waals surface area contributed by atoms with Crippen molar-refractivity contribution in [3.05, 3.63) is 210 Å². The maximum Gasteiger partial charge on any atom is 0.266 e. The van der Waals surface area contributed by atoms with Crippen molar-refractivity contribution in [3.8, 4) is 0 Å². The smallest absolute Gasteiger partial charge is 0.266 e. The number of hydrogen-bond acceptors (Lipinski definition) is 3. The van der Waals surface area contributed by atoms with E-state index in [1.165, 1.54) is 93.3 Å². The molecule has 0 radical (unpaired) electrons. The maximum absolute atomic E-state index is 12.8. The van der Waals surface area contributed by atoms with Crippen LogP contribution in [-0.2, 0) is 14.2 Å². The Morgan fingerprint density at radius 2 is 0.780 bits per heavy atom. The Morgan fingerprint density at radius 1 is 0.407 bits per heavy atom. The van der Waals surface area contributed by atoms with Gasteiger partial charge in [0.05, 0.1) is 19.3 Å². The summed E-state index contributed by atoms with van der Waals surface area (Å²) in [4.78, 5) is 0. The van der Waals surface area contributed by atoms with E-state index in [1.807, 2.05) is 59.7 Å². The highest BCUT2D eigenvalue weighted by Gasteiger charge is 2.15. The van der Waals surface area contributed by atoms with Gasteiger partial charge in [-0.2, -0.15) is 26.3 Å². The van der Waals surface area contributed by atoms with Crippen LogP contribution in [0.5, 0.6) is 0 Å². The molecule has 3 aliphatic rings. The van der Waals surface area contributed by atoms with Gasteiger partial charge in [-0.05, 0) is 228 Å². The Kier molecular flexibility index (Phi) is 54.0. The summed E-state index contributed by atoms with van der Waals surface area (Å²) in [5.74, 6) is 2.12. The topological polar surface area (TPSA) is 27.7 Å². The summed E-state index contributed by atoms with van der Waals surface area (Å²) in [6.07, 6.45) is 11.8. The molecule has 0 bridgehead atoms. The van der Waals surface area contributed by atoms with Crippen molar-refractivity contribution < 1.29 is 58.1 Å². The Labute approximate surface area is 553 Å². The van der Waals surface area contributed by atoms with Gasteiger partial charge in [-0.1, -0.05) is 169 Å². The SMILES string of the molecule is CC1CCC(C)CC1.CC1CCC(C)OC1.CC1COC(C)OC1.CC=C(F)F.CCCC=C(F)F.CCCCCC=C(F)F.Cc1cc(F)c(C)c(Cl)c1.Cc1cc(F)c(C)c(F)c1.Cc1ccc(C)c(Cl)c1.Cc1ccc(C)c(F)c1.Cc1ccc(C)cc1. The third-order valence-electron chi connectivity index (χ3n) is 13.9. The first-order valence-electron chi connectivity index (χ1n) is 31.8. The minimum Gasteiger partial charge on any atom is -0.378 e. The molecule has 0 aromatic heterocycles. The second-order valence-electron chi connectivity index (χ2n) is 23.7. The van der Waals surface area contributed by atoms with Crippen LogP contribution < -0.4 is 0 Å². The molecule has 0 spiro atoms. The van der Waals surface area contributed by atoms with Gasteiger partial charge in [0.25, 0.3) is 18.2 Å². The highest BCUT2D eigenvalue weighted by atomic mass is 35.5. The summed E-state index contributed by atoms with van der Waals surface area (Å²) < 4.78 is 132. The van der Waals surface area contributed by atoms with E-state index >= 15 is 0 Å². The summed E-state index contributed by atoms with van der Waals surface area (Å²) in [6, 6.07) is 25.6. The fourth-order valence-corrected chi connectivity index (χ4v) is 8.07. The molecule has 2 unspecified atom stereocenters. The first kappa shape index (κ1) is 90.3. The lowest BCUT2D eigenvalue weighted by Gasteiger charge is -2.24. The van der Waals surface area contributed by atoms with Crippen molar-refractivity contribution in [2.24, 2.45) is 23.7 Å². The molecule has 1 aliphatic carbocycles. The van der Waals surface area contributed by atoms with Gasteiger partial charge in [-0.15, -0.1) is 0 Å². The fraction of sp³-hybridized carbons (Fsp3) is 0.526. The first-order chi connectivity index (χ1) is 42.6. The molecule has 0 N–H and O–H groups in total. The Morgan fingerprint density at radius 3 is 1.11 bits per heavy atom. The summed E-state index contributed by atoms with van der Waals surface area (Å²) in [5, 5.41) is 1.35. The van der Waals surface area contributed by atoms with Gasteiger partial charge in [0.15, 0.2) is 6.29 Å². The molecule has 1 saturated carbocycles. The van der Waals surface area contributed by atoms with E-state index in [2.05, 4.69) is 85.7 Å².